The van der Waals surface area contributed by atoms with Crippen LogP contribution in [0.1, 0.15) is 30.7 Å². The number of anilines is 3. The highest BCUT2D eigenvalue weighted by atomic mass is 32.1. The van der Waals surface area contributed by atoms with Crippen LogP contribution in [0.2, 0.25) is 0 Å². The molecule has 0 aromatic carbocycles. The van der Waals surface area contributed by atoms with Crippen molar-refractivity contribution >= 4 is 34.1 Å². The third-order valence-electron chi connectivity index (χ3n) is 3.68. The minimum Gasteiger partial charge on any atom is -0.368 e. The van der Waals surface area contributed by atoms with Gasteiger partial charge in [0.1, 0.15) is 22.9 Å². The summed E-state index contributed by atoms with van der Waals surface area (Å²) >= 11 is 1.27. The quantitative estimate of drug-likeness (QED) is 0.700. The van der Waals surface area contributed by atoms with E-state index in [1.165, 1.54) is 17.7 Å². The number of carbonyl (C=O) groups is 1. The van der Waals surface area contributed by atoms with E-state index in [2.05, 4.69) is 25.0 Å². The maximum atomic E-state index is 11.6. The number of aromatic nitrogens is 3. The minimum atomic E-state index is -0.488. The minimum absolute atomic E-state index is 0.171. The summed E-state index contributed by atoms with van der Waals surface area (Å²) in [5.74, 6) is 0.850. The number of amides is 1. The Hall–Kier alpha value is -2.73. The standard InChI is InChI=1S/C15H17N7OS/c1-8-4-13(24-22-8)21-15-11(6-16)18-7-12(20-15)19-10(14(17)23)5-9-2-3-9/h4,7,9-10H,2-3,5H2,1H3,(H2,17,23)(H2,19,20,21)/t10-/m1/s1. The third-order valence-corrected chi connectivity index (χ3v) is 4.48. The lowest BCUT2D eigenvalue weighted by Gasteiger charge is -2.16. The second-order valence-corrected chi connectivity index (χ2v) is 6.61. The molecule has 0 spiro atoms. The summed E-state index contributed by atoms with van der Waals surface area (Å²) in [4.78, 5) is 20.1. The number of hydrogen-bond acceptors (Lipinski definition) is 8. The molecule has 0 saturated heterocycles. The molecule has 1 saturated carbocycles. The SMILES string of the molecule is Cc1cc(Nc2nc(N[C@H](CC3CC3)C(N)=O)cnc2C#N)sn1. The summed E-state index contributed by atoms with van der Waals surface area (Å²) < 4.78 is 4.17. The highest BCUT2D eigenvalue weighted by molar-refractivity contribution is 7.10. The van der Waals surface area contributed by atoms with E-state index in [1.807, 2.05) is 19.1 Å². The lowest BCUT2D eigenvalue weighted by atomic mass is 10.1. The Morgan fingerprint density at radius 1 is 1.58 bits per heavy atom. The first-order valence-corrected chi connectivity index (χ1v) is 8.36. The maximum Gasteiger partial charge on any atom is 0.239 e. The number of hydrogen-bond donors (Lipinski definition) is 3. The lowest BCUT2D eigenvalue weighted by Crippen LogP contribution is -2.36. The van der Waals surface area contributed by atoms with Gasteiger partial charge in [-0.15, -0.1) is 0 Å². The lowest BCUT2D eigenvalue weighted by molar-refractivity contribution is -0.118. The Balaban J connectivity index is 1.79. The van der Waals surface area contributed by atoms with Crippen molar-refractivity contribution in [2.75, 3.05) is 10.6 Å². The van der Waals surface area contributed by atoms with Gasteiger partial charge in [-0.2, -0.15) is 9.64 Å². The summed E-state index contributed by atoms with van der Waals surface area (Å²) in [7, 11) is 0. The molecule has 9 heteroatoms. The van der Waals surface area contributed by atoms with Crippen LogP contribution in [0.25, 0.3) is 0 Å². The van der Waals surface area contributed by atoms with E-state index in [1.54, 1.807) is 0 Å². The van der Waals surface area contributed by atoms with Gasteiger partial charge in [0.15, 0.2) is 11.5 Å². The molecule has 0 unspecified atom stereocenters. The second-order valence-electron chi connectivity index (χ2n) is 5.80. The highest BCUT2D eigenvalue weighted by Crippen LogP contribution is 2.34. The van der Waals surface area contributed by atoms with E-state index in [0.717, 1.165) is 23.5 Å². The van der Waals surface area contributed by atoms with E-state index in [-0.39, 0.29) is 5.69 Å². The normalized spacial score (nSPS) is 14.7. The fourth-order valence-corrected chi connectivity index (χ4v) is 2.94. The third kappa shape index (κ3) is 3.97. The number of nitrogens with one attached hydrogen (secondary N) is 2. The molecule has 0 radical (unpaired) electrons. The van der Waals surface area contributed by atoms with Gasteiger partial charge in [0.05, 0.1) is 11.9 Å². The number of nitrogens with zero attached hydrogens (tertiary/aromatic N) is 4. The van der Waals surface area contributed by atoms with E-state index in [4.69, 9.17) is 5.73 Å². The van der Waals surface area contributed by atoms with Crippen molar-refractivity contribution in [3.05, 3.63) is 23.7 Å². The fourth-order valence-electron chi connectivity index (χ4n) is 2.28. The molecule has 0 bridgehead atoms. The van der Waals surface area contributed by atoms with E-state index < -0.39 is 11.9 Å². The molecular weight excluding hydrogens is 326 g/mol. The molecule has 2 aromatic rings. The van der Waals surface area contributed by atoms with Gasteiger partial charge < -0.3 is 16.4 Å². The highest BCUT2D eigenvalue weighted by Gasteiger charge is 2.28. The monoisotopic (exact) mass is 343 g/mol. The zero-order valence-corrected chi connectivity index (χ0v) is 13.9. The van der Waals surface area contributed by atoms with Gasteiger partial charge in [-0.05, 0) is 36.9 Å². The molecule has 24 heavy (non-hydrogen) atoms. The number of nitrogens with two attached hydrogens (primary N) is 1. The van der Waals surface area contributed by atoms with Gasteiger partial charge in [-0.3, -0.25) is 4.79 Å². The molecule has 1 aliphatic carbocycles. The number of aryl methyl sites for hydroxylation is 1. The van der Waals surface area contributed by atoms with Gasteiger partial charge in [-0.25, -0.2) is 9.97 Å². The van der Waals surface area contributed by atoms with Crippen LogP contribution in [0.15, 0.2) is 12.3 Å². The van der Waals surface area contributed by atoms with Crippen molar-refractivity contribution in [2.24, 2.45) is 11.7 Å². The molecule has 1 aliphatic rings. The molecule has 1 fully saturated rings. The molecule has 0 aliphatic heterocycles. The molecule has 1 atom stereocenters. The van der Waals surface area contributed by atoms with Crippen LogP contribution in [0.4, 0.5) is 16.6 Å². The largest absolute Gasteiger partial charge is 0.368 e. The van der Waals surface area contributed by atoms with Crippen LogP contribution < -0.4 is 16.4 Å². The van der Waals surface area contributed by atoms with Gasteiger partial charge in [0, 0.05) is 0 Å². The van der Waals surface area contributed by atoms with Crippen LogP contribution in [0.3, 0.4) is 0 Å². The summed E-state index contributed by atoms with van der Waals surface area (Å²) in [6.07, 6.45) is 4.38. The fraction of sp³-hybridized carbons (Fsp3) is 0.400. The van der Waals surface area contributed by atoms with Gasteiger partial charge in [0.2, 0.25) is 5.91 Å². The summed E-state index contributed by atoms with van der Waals surface area (Å²) in [6, 6.07) is 3.36. The van der Waals surface area contributed by atoms with E-state index in [9.17, 15) is 10.1 Å². The Morgan fingerprint density at radius 2 is 2.38 bits per heavy atom. The van der Waals surface area contributed by atoms with Crippen LogP contribution in [-0.4, -0.2) is 26.3 Å². The van der Waals surface area contributed by atoms with Crippen molar-refractivity contribution in [1.29, 1.82) is 5.26 Å². The number of rotatable bonds is 7. The van der Waals surface area contributed by atoms with Crippen LogP contribution >= 0.6 is 11.5 Å². The molecule has 2 aromatic heterocycles. The molecular formula is C15H17N7OS. The maximum absolute atomic E-state index is 11.6. The smallest absolute Gasteiger partial charge is 0.239 e. The summed E-state index contributed by atoms with van der Waals surface area (Å²) in [5.41, 5.74) is 6.50. The Labute approximate surface area is 143 Å². The molecule has 1 amide bonds. The van der Waals surface area contributed by atoms with Crippen molar-refractivity contribution in [2.45, 2.75) is 32.2 Å². The first-order chi connectivity index (χ1) is 11.5. The van der Waals surface area contributed by atoms with Gasteiger partial charge >= 0.3 is 0 Å². The van der Waals surface area contributed by atoms with Crippen LogP contribution in [0.5, 0.6) is 0 Å². The molecule has 4 N–H and O–H groups in total. The van der Waals surface area contributed by atoms with Gasteiger partial charge in [-0.1, -0.05) is 12.8 Å². The van der Waals surface area contributed by atoms with Crippen molar-refractivity contribution in [1.82, 2.24) is 14.3 Å². The average molecular weight is 343 g/mol. The zero-order valence-electron chi connectivity index (χ0n) is 13.1. The number of nitriles is 1. The predicted molar refractivity (Wildman–Crippen MR) is 90.8 cm³/mol. The molecule has 124 valence electrons. The van der Waals surface area contributed by atoms with Crippen molar-refractivity contribution in [3.63, 3.8) is 0 Å². The number of carbonyl (C=O) groups excluding carboxylic acids is 1. The number of primary amides is 1. The Bertz CT molecular complexity index is 793. The molecule has 3 rings (SSSR count). The first kappa shape index (κ1) is 16.1. The van der Waals surface area contributed by atoms with E-state index >= 15 is 0 Å². The first-order valence-electron chi connectivity index (χ1n) is 7.58. The van der Waals surface area contributed by atoms with Crippen LogP contribution in [-0.2, 0) is 4.79 Å². The Morgan fingerprint density at radius 3 is 2.96 bits per heavy atom. The topological polar surface area (TPSA) is 130 Å². The predicted octanol–water partition coefficient (Wildman–Crippen LogP) is 1.92. The van der Waals surface area contributed by atoms with Crippen molar-refractivity contribution < 1.29 is 4.79 Å². The van der Waals surface area contributed by atoms with Crippen LogP contribution in [0, 0.1) is 24.2 Å². The second kappa shape index (κ2) is 6.80. The average Bonchev–Trinajstić information content (AvgIpc) is 3.28. The summed E-state index contributed by atoms with van der Waals surface area (Å²) in [6.45, 7) is 1.88. The van der Waals surface area contributed by atoms with Gasteiger partial charge in [0.25, 0.3) is 0 Å². The van der Waals surface area contributed by atoms with Crippen molar-refractivity contribution in [3.8, 4) is 6.07 Å². The zero-order chi connectivity index (χ0) is 17.1. The summed E-state index contributed by atoms with van der Waals surface area (Å²) in [5, 5.41) is 16.0. The molecule has 2 heterocycles. The Kier molecular flexibility index (Phi) is 4.57. The molecule has 8 nitrogen and oxygen atoms in total. The van der Waals surface area contributed by atoms with E-state index in [0.29, 0.717) is 24.0 Å².